The highest BCUT2D eigenvalue weighted by Crippen LogP contribution is 2.40. The maximum Gasteiger partial charge on any atom is 0.148 e. The van der Waals surface area contributed by atoms with Gasteiger partial charge in [0.1, 0.15) is 23.0 Å². The third-order valence-corrected chi connectivity index (χ3v) is 6.63. The molecule has 1 heterocycles. The number of hydrogen-bond acceptors (Lipinski definition) is 2. The Bertz CT molecular complexity index is 1160. The number of halogens is 1. The number of pyridine rings is 1. The van der Waals surface area contributed by atoms with Crippen molar-refractivity contribution in [1.29, 1.82) is 0 Å². The minimum atomic E-state index is -0.183. The molecular formula is C31H34FNO. The highest BCUT2D eigenvalue weighted by molar-refractivity contribution is 5.65. The van der Waals surface area contributed by atoms with Crippen molar-refractivity contribution in [3.05, 3.63) is 107 Å². The predicted octanol–water partition coefficient (Wildman–Crippen LogP) is 8.85. The largest absolute Gasteiger partial charge is 0.460 e. The van der Waals surface area contributed by atoms with Crippen LogP contribution >= 0.6 is 0 Å². The lowest BCUT2D eigenvalue weighted by Gasteiger charge is -2.27. The third kappa shape index (κ3) is 5.83. The van der Waals surface area contributed by atoms with Gasteiger partial charge in [0, 0.05) is 12.6 Å². The zero-order chi connectivity index (χ0) is 23.9. The molecule has 0 amide bonds. The molecule has 1 aliphatic rings. The molecule has 2 aromatic carbocycles. The van der Waals surface area contributed by atoms with Gasteiger partial charge in [-0.25, -0.2) is 4.39 Å². The summed E-state index contributed by atoms with van der Waals surface area (Å²) in [6, 6.07) is 19.8. The standard InChI is InChI=1S/C31H34FNO/c1-4-6-10-30(29-9-7-8-17-33-29)34-31-21-25(14-11-22(31)3)27-18-26(19-28(32)20-27)24-15-12-23(5-2)13-16-24/h7-10,12-13,15-20,25H,4-6,11,14,21H2,1-3H3. The third-order valence-electron chi connectivity index (χ3n) is 6.63. The molecule has 3 heteroatoms. The summed E-state index contributed by atoms with van der Waals surface area (Å²) >= 11 is 0. The Kier molecular flexibility index (Phi) is 7.95. The van der Waals surface area contributed by atoms with E-state index in [9.17, 15) is 4.39 Å². The van der Waals surface area contributed by atoms with E-state index in [2.05, 4.69) is 62.2 Å². The van der Waals surface area contributed by atoms with Crippen LogP contribution in [0.15, 0.2) is 84.3 Å². The summed E-state index contributed by atoms with van der Waals surface area (Å²) in [7, 11) is 0. The van der Waals surface area contributed by atoms with Crippen LogP contribution in [0.3, 0.4) is 0 Å². The molecule has 1 aliphatic carbocycles. The van der Waals surface area contributed by atoms with Gasteiger partial charge in [-0.2, -0.15) is 0 Å². The number of hydrogen-bond donors (Lipinski definition) is 0. The van der Waals surface area contributed by atoms with Crippen molar-refractivity contribution in [1.82, 2.24) is 4.98 Å². The Morgan fingerprint density at radius 1 is 1.06 bits per heavy atom. The number of unbranched alkanes of at least 4 members (excludes halogenated alkanes) is 1. The molecule has 0 radical (unpaired) electrons. The average molecular weight is 456 g/mol. The monoisotopic (exact) mass is 455 g/mol. The van der Waals surface area contributed by atoms with Gasteiger partial charge in [-0.1, -0.05) is 56.7 Å². The van der Waals surface area contributed by atoms with Crippen LogP contribution in [0.25, 0.3) is 16.9 Å². The van der Waals surface area contributed by atoms with Crippen molar-refractivity contribution in [2.75, 3.05) is 0 Å². The number of ether oxygens (including phenoxy) is 1. The van der Waals surface area contributed by atoms with Crippen LogP contribution in [0.4, 0.5) is 4.39 Å². The number of benzene rings is 2. The van der Waals surface area contributed by atoms with Crippen molar-refractivity contribution < 1.29 is 9.13 Å². The SMILES string of the molecule is CCCC=C(OC1=C(C)CCC(c2cc(F)cc(-c3ccc(CC)cc3)c2)C1)c1ccccn1. The van der Waals surface area contributed by atoms with Gasteiger partial charge in [-0.15, -0.1) is 0 Å². The van der Waals surface area contributed by atoms with Crippen LogP contribution in [-0.2, 0) is 11.2 Å². The molecule has 0 aliphatic heterocycles. The fourth-order valence-electron chi connectivity index (χ4n) is 4.51. The van der Waals surface area contributed by atoms with Crippen molar-refractivity contribution >= 4 is 5.76 Å². The lowest BCUT2D eigenvalue weighted by molar-refractivity contribution is 0.323. The lowest BCUT2D eigenvalue weighted by atomic mass is 9.83. The van der Waals surface area contributed by atoms with Gasteiger partial charge in [-0.05, 0) is 96.7 Å². The Labute approximate surface area is 203 Å². The van der Waals surface area contributed by atoms with Crippen LogP contribution in [0, 0.1) is 5.82 Å². The molecular weight excluding hydrogens is 421 g/mol. The zero-order valence-electron chi connectivity index (χ0n) is 20.5. The first-order valence-corrected chi connectivity index (χ1v) is 12.4. The Balaban J connectivity index is 1.58. The summed E-state index contributed by atoms with van der Waals surface area (Å²) in [5.74, 6) is 1.84. The van der Waals surface area contributed by atoms with Gasteiger partial charge in [-0.3, -0.25) is 4.98 Å². The first-order valence-electron chi connectivity index (χ1n) is 12.4. The average Bonchev–Trinajstić information content (AvgIpc) is 2.87. The Morgan fingerprint density at radius 2 is 1.88 bits per heavy atom. The van der Waals surface area contributed by atoms with E-state index < -0.39 is 0 Å². The zero-order valence-corrected chi connectivity index (χ0v) is 20.5. The van der Waals surface area contributed by atoms with E-state index in [4.69, 9.17) is 4.74 Å². The minimum absolute atomic E-state index is 0.183. The molecule has 0 spiro atoms. The number of allylic oxidation sites excluding steroid dienone is 3. The van der Waals surface area contributed by atoms with Gasteiger partial charge in [0.15, 0.2) is 0 Å². The second kappa shape index (κ2) is 11.3. The molecule has 1 unspecified atom stereocenters. The summed E-state index contributed by atoms with van der Waals surface area (Å²) in [5, 5.41) is 0. The van der Waals surface area contributed by atoms with Crippen molar-refractivity contribution in [3.63, 3.8) is 0 Å². The number of rotatable bonds is 8. The van der Waals surface area contributed by atoms with E-state index in [1.807, 2.05) is 18.2 Å². The highest BCUT2D eigenvalue weighted by Gasteiger charge is 2.24. The predicted molar refractivity (Wildman–Crippen MR) is 139 cm³/mol. The van der Waals surface area contributed by atoms with E-state index >= 15 is 0 Å². The molecule has 0 saturated carbocycles. The molecule has 0 bridgehead atoms. The molecule has 3 aromatic rings. The summed E-state index contributed by atoms with van der Waals surface area (Å²) in [6.45, 7) is 6.45. The second-order valence-electron chi connectivity index (χ2n) is 9.14. The smallest absolute Gasteiger partial charge is 0.148 e. The van der Waals surface area contributed by atoms with Gasteiger partial charge in [0.2, 0.25) is 0 Å². The lowest BCUT2D eigenvalue weighted by Crippen LogP contribution is -2.11. The van der Waals surface area contributed by atoms with Crippen LogP contribution < -0.4 is 0 Å². The number of aryl methyl sites for hydroxylation is 1. The van der Waals surface area contributed by atoms with Crippen LogP contribution in [0.1, 0.15) is 75.6 Å². The fourth-order valence-corrected chi connectivity index (χ4v) is 4.51. The van der Waals surface area contributed by atoms with Crippen molar-refractivity contribution in [2.24, 2.45) is 0 Å². The van der Waals surface area contributed by atoms with Gasteiger partial charge in [0.25, 0.3) is 0 Å². The van der Waals surface area contributed by atoms with Crippen LogP contribution in [0.2, 0.25) is 0 Å². The minimum Gasteiger partial charge on any atom is -0.460 e. The molecule has 4 rings (SSSR count). The molecule has 176 valence electrons. The fraction of sp³-hybridized carbons (Fsp3) is 0.323. The Morgan fingerprint density at radius 3 is 2.59 bits per heavy atom. The first-order chi connectivity index (χ1) is 16.6. The summed E-state index contributed by atoms with van der Waals surface area (Å²) in [6.07, 6.45) is 9.61. The molecule has 0 N–H and O–H groups in total. The van der Waals surface area contributed by atoms with E-state index in [1.165, 1.54) is 11.1 Å². The molecule has 2 nitrogen and oxygen atoms in total. The quantitative estimate of drug-likeness (QED) is 0.316. The van der Waals surface area contributed by atoms with Gasteiger partial charge < -0.3 is 4.74 Å². The molecule has 0 fully saturated rings. The number of nitrogens with zero attached hydrogens (tertiary/aromatic N) is 1. The van der Waals surface area contributed by atoms with E-state index in [1.54, 1.807) is 18.3 Å². The van der Waals surface area contributed by atoms with E-state index in [0.717, 1.165) is 72.4 Å². The maximum atomic E-state index is 14.7. The molecule has 0 saturated heterocycles. The van der Waals surface area contributed by atoms with Gasteiger partial charge in [0.05, 0.1) is 0 Å². The van der Waals surface area contributed by atoms with Gasteiger partial charge >= 0.3 is 0 Å². The topological polar surface area (TPSA) is 22.1 Å². The molecule has 1 aromatic heterocycles. The second-order valence-corrected chi connectivity index (χ2v) is 9.14. The van der Waals surface area contributed by atoms with Crippen LogP contribution in [-0.4, -0.2) is 4.98 Å². The summed E-state index contributed by atoms with van der Waals surface area (Å²) in [4.78, 5) is 4.50. The summed E-state index contributed by atoms with van der Waals surface area (Å²) in [5.41, 5.74) is 6.43. The first kappa shape index (κ1) is 23.9. The van der Waals surface area contributed by atoms with E-state index in [-0.39, 0.29) is 11.7 Å². The molecule has 1 atom stereocenters. The Hall–Kier alpha value is -3.20. The maximum absolute atomic E-state index is 14.7. The van der Waals surface area contributed by atoms with E-state index in [0.29, 0.717) is 0 Å². The number of aromatic nitrogens is 1. The highest BCUT2D eigenvalue weighted by atomic mass is 19.1. The van der Waals surface area contributed by atoms with Crippen molar-refractivity contribution in [3.8, 4) is 11.1 Å². The summed E-state index contributed by atoms with van der Waals surface area (Å²) < 4.78 is 21.2. The molecule has 34 heavy (non-hydrogen) atoms. The van der Waals surface area contributed by atoms with Crippen LogP contribution in [0.5, 0.6) is 0 Å². The van der Waals surface area contributed by atoms with Crippen molar-refractivity contribution in [2.45, 2.75) is 65.2 Å². The normalized spacial score (nSPS) is 16.6.